The van der Waals surface area contributed by atoms with Crippen molar-refractivity contribution in [1.29, 1.82) is 0 Å². The Balaban J connectivity index is 1.85. The molecule has 0 bridgehead atoms. The normalized spacial score (nSPS) is 20.6. The summed E-state index contributed by atoms with van der Waals surface area (Å²) in [6.07, 6.45) is -0.504. The molecule has 92 valence electrons. The number of nitrogens with one attached hydrogen (secondary N) is 2. The van der Waals surface area contributed by atoms with Crippen LogP contribution in [0.15, 0.2) is 29.3 Å². The zero-order valence-electron chi connectivity index (χ0n) is 10.3. The van der Waals surface area contributed by atoms with Crippen molar-refractivity contribution in [3.63, 3.8) is 0 Å². The van der Waals surface area contributed by atoms with Gasteiger partial charge in [0.25, 0.3) is 0 Å². The molecule has 2 atom stereocenters. The van der Waals surface area contributed by atoms with Crippen LogP contribution in [0.5, 0.6) is 0 Å². The Labute approximate surface area is 102 Å². The van der Waals surface area contributed by atoms with Gasteiger partial charge in [0.15, 0.2) is 5.96 Å². The first-order valence-electron chi connectivity index (χ1n) is 5.94. The summed E-state index contributed by atoms with van der Waals surface area (Å²) in [7, 11) is 0. The van der Waals surface area contributed by atoms with E-state index in [-0.39, 0.29) is 0 Å². The van der Waals surface area contributed by atoms with Crippen molar-refractivity contribution in [3.05, 3.63) is 35.4 Å². The minimum Gasteiger partial charge on any atom is -0.387 e. The van der Waals surface area contributed by atoms with Crippen molar-refractivity contribution in [2.75, 3.05) is 13.1 Å². The van der Waals surface area contributed by atoms with E-state index >= 15 is 0 Å². The predicted octanol–water partition coefficient (Wildman–Crippen LogP) is 0.966. The summed E-state index contributed by atoms with van der Waals surface area (Å²) >= 11 is 0. The molecule has 1 aromatic rings. The van der Waals surface area contributed by atoms with E-state index in [4.69, 9.17) is 0 Å². The molecule has 1 aliphatic rings. The molecule has 0 radical (unpaired) electrons. The van der Waals surface area contributed by atoms with Gasteiger partial charge in [-0.1, -0.05) is 29.8 Å². The number of aliphatic imine (C=N–C) groups is 1. The van der Waals surface area contributed by atoms with E-state index in [0.29, 0.717) is 12.6 Å². The summed E-state index contributed by atoms with van der Waals surface area (Å²) in [5.74, 6) is 0.781. The fourth-order valence-electron chi connectivity index (χ4n) is 1.76. The molecule has 1 aromatic carbocycles. The van der Waals surface area contributed by atoms with Crippen LogP contribution < -0.4 is 10.6 Å². The Morgan fingerprint density at radius 3 is 2.76 bits per heavy atom. The van der Waals surface area contributed by atoms with Crippen molar-refractivity contribution >= 4 is 5.96 Å². The van der Waals surface area contributed by atoms with Crippen LogP contribution in [0.2, 0.25) is 0 Å². The Morgan fingerprint density at radius 2 is 2.18 bits per heavy atom. The molecule has 1 heterocycles. The molecular weight excluding hydrogens is 214 g/mol. The molecule has 0 saturated carbocycles. The maximum absolute atomic E-state index is 9.99. The van der Waals surface area contributed by atoms with Crippen LogP contribution in [0.1, 0.15) is 24.2 Å². The van der Waals surface area contributed by atoms with E-state index in [0.717, 1.165) is 18.1 Å². The average Bonchev–Trinajstić information content (AvgIpc) is 2.73. The molecular formula is C13H19N3O. The lowest BCUT2D eigenvalue weighted by atomic mass is 10.1. The zero-order valence-corrected chi connectivity index (χ0v) is 10.3. The zero-order chi connectivity index (χ0) is 12.3. The van der Waals surface area contributed by atoms with Gasteiger partial charge < -0.3 is 15.7 Å². The smallest absolute Gasteiger partial charge is 0.191 e. The number of aryl methyl sites for hydroxylation is 1. The number of nitrogens with zero attached hydrogens (tertiary/aromatic N) is 1. The van der Waals surface area contributed by atoms with Crippen LogP contribution >= 0.6 is 0 Å². The molecule has 1 unspecified atom stereocenters. The fraction of sp³-hybridized carbons (Fsp3) is 0.462. The number of rotatable bonds is 3. The fourth-order valence-corrected chi connectivity index (χ4v) is 1.76. The van der Waals surface area contributed by atoms with E-state index in [1.54, 1.807) is 0 Å². The van der Waals surface area contributed by atoms with Crippen molar-refractivity contribution in [2.45, 2.75) is 26.0 Å². The highest BCUT2D eigenvalue weighted by molar-refractivity contribution is 5.81. The Morgan fingerprint density at radius 1 is 1.47 bits per heavy atom. The summed E-state index contributed by atoms with van der Waals surface area (Å²) in [5, 5.41) is 16.3. The first-order chi connectivity index (χ1) is 8.15. The third kappa shape index (κ3) is 3.20. The van der Waals surface area contributed by atoms with Crippen molar-refractivity contribution in [3.8, 4) is 0 Å². The molecule has 0 saturated heterocycles. The molecule has 0 spiro atoms. The minimum absolute atomic E-state index is 0.383. The SMILES string of the molecule is Cc1ccc([C@@H](O)CNC2=NCC(C)N2)cc1. The second-order valence-corrected chi connectivity index (χ2v) is 4.54. The van der Waals surface area contributed by atoms with E-state index in [1.807, 2.05) is 31.2 Å². The monoisotopic (exact) mass is 233 g/mol. The number of aliphatic hydroxyl groups excluding tert-OH is 1. The molecule has 0 aliphatic carbocycles. The van der Waals surface area contributed by atoms with Gasteiger partial charge in [-0.2, -0.15) is 0 Å². The van der Waals surface area contributed by atoms with Gasteiger partial charge in [-0.15, -0.1) is 0 Å². The van der Waals surface area contributed by atoms with Crippen LogP contribution in [-0.4, -0.2) is 30.2 Å². The number of hydrogen-bond acceptors (Lipinski definition) is 4. The summed E-state index contributed by atoms with van der Waals surface area (Å²) in [6.45, 7) is 5.38. The van der Waals surface area contributed by atoms with Gasteiger partial charge >= 0.3 is 0 Å². The summed E-state index contributed by atoms with van der Waals surface area (Å²) in [6, 6.07) is 8.30. The Bertz CT molecular complexity index is 400. The van der Waals surface area contributed by atoms with Crippen LogP contribution in [0.4, 0.5) is 0 Å². The maximum Gasteiger partial charge on any atom is 0.191 e. The highest BCUT2D eigenvalue weighted by atomic mass is 16.3. The average molecular weight is 233 g/mol. The number of guanidine groups is 1. The van der Waals surface area contributed by atoms with Gasteiger partial charge in [0.05, 0.1) is 12.6 Å². The Kier molecular flexibility index (Phi) is 3.64. The Hall–Kier alpha value is -1.55. The molecule has 0 fully saturated rings. The first kappa shape index (κ1) is 11.9. The van der Waals surface area contributed by atoms with Gasteiger partial charge in [-0.3, -0.25) is 4.99 Å². The summed E-state index contributed by atoms with van der Waals surface area (Å²) < 4.78 is 0. The predicted molar refractivity (Wildman–Crippen MR) is 69.0 cm³/mol. The van der Waals surface area contributed by atoms with Gasteiger partial charge in [-0.05, 0) is 19.4 Å². The highest BCUT2D eigenvalue weighted by Gasteiger charge is 2.13. The van der Waals surface area contributed by atoms with Crippen LogP contribution in [-0.2, 0) is 0 Å². The van der Waals surface area contributed by atoms with Gasteiger partial charge in [0.1, 0.15) is 0 Å². The number of hydrogen-bond donors (Lipinski definition) is 3. The highest BCUT2D eigenvalue weighted by Crippen LogP contribution is 2.12. The third-order valence-electron chi connectivity index (χ3n) is 2.83. The van der Waals surface area contributed by atoms with E-state index < -0.39 is 6.10 Å². The van der Waals surface area contributed by atoms with Gasteiger partial charge in [0.2, 0.25) is 0 Å². The first-order valence-corrected chi connectivity index (χ1v) is 5.94. The van der Waals surface area contributed by atoms with Crippen LogP contribution in [0.25, 0.3) is 0 Å². The second-order valence-electron chi connectivity index (χ2n) is 4.54. The van der Waals surface area contributed by atoms with Crippen molar-refractivity contribution < 1.29 is 5.11 Å². The topological polar surface area (TPSA) is 56.6 Å². The molecule has 17 heavy (non-hydrogen) atoms. The lowest BCUT2D eigenvalue weighted by molar-refractivity contribution is 0.181. The quantitative estimate of drug-likeness (QED) is 0.729. The molecule has 0 amide bonds. The number of benzene rings is 1. The molecule has 2 rings (SSSR count). The lowest BCUT2D eigenvalue weighted by Gasteiger charge is -2.14. The largest absolute Gasteiger partial charge is 0.387 e. The van der Waals surface area contributed by atoms with E-state index in [2.05, 4.69) is 22.5 Å². The van der Waals surface area contributed by atoms with Crippen molar-refractivity contribution in [1.82, 2.24) is 10.6 Å². The van der Waals surface area contributed by atoms with Gasteiger partial charge in [0, 0.05) is 12.6 Å². The van der Waals surface area contributed by atoms with Gasteiger partial charge in [-0.25, -0.2) is 0 Å². The molecule has 4 heteroatoms. The third-order valence-corrected chi connectivity index (χ3v) is 2.83. The molecule has 4 nitrogen and oxygen atoms in total. The van der Waals surface area contributed by atoms with Crippen LogP contribution in [0.3, 0.4) is 0 Å². The van der Waals surface area contributed by atoms with E-state index in [1.165, 1.54) is 5.56 Å². The van der Waals surface area contributed by atoms with Crippen LogP contribution in [0, 0.1) is 6.92 Å². The minimum atomic E-state index is -0.504. The maximum atomic E-state index is 9.99. The number of aliphatic hydroxyl groups is 1. The standard InChI is InChI=1S/C13H19N3O/c1-9-3-5-11(6-4-9)12(17)8-15-13-14-7-10(2)16-13/h3-6,10,12,17H,7-8H2,1-2H3,(H2,14,15,16)/t10?,12-/m0/s1. The lowest BCUT2D eigenvalue weighted by Crippen LogP contribution is -2.39. The second kappa shape index (κ2) is 5.19. The molecule has 1 aliphatic heterocycles. The molecule has 0 aromatic heterocycles. The summed E-state index contributed by atoms with van der Waals surface area (Å²) in [4.78, 5) is 4.28. The summed E-state index contributed by atoms with van der Waals surface area (Å²) in [5.41, 5.74) is 2.12. The van der Waals surface area contributed by atoms with E-state index in [9.17, 15) is 5.11 Å². The molecule has 3 N–H and O–H groups in total. The van der Waals surface area contributed by atoms with Crippen molar-refractivity contribution in [2.24, 2.45) is 4.99 Å².